The van der Waals surface area contributed by atoms with Crippen LogP contribution in [0.4, 0.5) is 5.69 Å². The molecule has 110 valence electrons. The molecular formula is C16H17ClN2O2. The summed E-state index contributed by atoms with van der Waals surface area (Å²) in [6, 6.07) is 10.2. The van der Waals surface area contributed by atoms with Crippen LogP contribution in [0, 0.1) is 0 Å². The van der Waals surface area contributed by atoms with Crippen LogP contribution < -0.4 is 10.9 Å². The normalized spacial score (nSPS) is 10.4. The van der Waals surface area contributed by atoms with Gasteiger partial charge in [0.15, 0.2) is 0 Å². The zero-order valence-electron chi connectivity index (χ0n) is 11.8. The number of amides is 1. The molecule has 0 bridgehead atoms. The lowest BCUT2D eigenvalue weighted by Crippen LogP contribution is -2.20. The maximum atomic E-state index is 12.1. The van der Waals surface area contributed by atoms with E-state index in [1.165, 1.54) is 6.07 Å². The highest BCUT2D eigenvalue weighted by Gasteiger charge is 2.07. The summed E-state index contributed by atoms with van der Waals surface area (Å²) in [6.45, 7) is 2.63. The SMILES string of the molecule is CCCn1cc(NC(=O)c2ccc(CCl)cc2)ccc1=O. The Morgan fingerprint density at radius 3 is 2.52 bits per heavy atom. The van der Waals surface area contributed by atoms with Crippen molar-refractivity contribution in [3.05, 3.63) is 64.1 Å². The number of benzene rings is 1. The maximum Gasteiger partial charge on any atom is 0.255 e. The van der Waals surface area contributed by atoms with Crippen LogP contribution in [0.2, 0.25) is 0 Å². The van der Waals surface area contributed by atoms with Gasteiger partial charge in [-0.2, -0.15) is 0 Å². The average molecular weight is 305 g/mol. The lowest BCUT2D eigenvalue weighted by Gasteiger charge is -2.09. The van der Waals surface area contributed by atoms with Crippen molar-refractivity contribution in [1.82, 2.24) is 4.57 Å². The Kier molecular flexibility index (Phi) is 5.17. The molecule has 1 aromatic heterocycles. The predicted octanol–water partition coefficient (Wildman–Crippen LogP) is 3.25. The third-order valence-electron chi connectivity index (χ3n) is 3.08. The van der Waals surface area contributed by atoms with Crippen LogP contribution in [0.1, 0.15) is 29.3 Å². The van der Waals surface area contributed by atoms with Crippen molar-refractivity contribution in [2.75, 3.05) is 5.32 Å². The topological polar surface area (TPSA) is 51.1 Å². The van der Waals surface area contributed by atoms with Gasteiger partial charge in [-0.25, -0.2) is 0 Å². The Hall–Kier alpha value is -2.07. The van der Waals surface area contributed by atoms with Crippen molar-refractivity contribution in [2.24, 2.45) is 0 Å². The van der Waals surface area contributed by atoms with Crippen molar-refractivity contribution in [1.29, 1.82) is 0 Å². The fourth-order valence-corrected chi connectivity index (χ4v) is 2.15. The summed E-state index contributed by atoms with van der Waals surface area (Å²) >= 11 is 5.72. The quantitative estimate of drug-likeness (QED) is 0.862. The van der Waals surface area contributed by atoms with E-state index in [0.29, 0.717) is 23.7 Å². The molecule has 1 heterocycles. The smallest absolute Gasteiger partial charge is 0.255 e. The van der Waals surface area contributed by atoms with Crippen molar-refractivity contribution in [2.45, 2.75) is 25.8 Å². The number of hydrogen-bond acceptors (Lipinski definition) is 2. The van der Waals surface area contributed by atoms with E-state index in [4.69, 9.17) is 11.6 Å². The minimum absolute atomic E-state index is 0.0682. The standard InChI is InChI=1S/C16H17ClN2O2/c1-2-9-19-11-14(7-8-15(19)20)18-16(21)13-5-3-12(10-17)4-6-13/h3-8,11H,2,9-10H2,1H3,(H,18,21). The molecule has 0 unspecified atom stereocenters. The molecule has 0 saturated carbocycles. The maximum absolute atomic E-state index is 12.1. The van der Waals surface area contributed by atoms with Crippen LogP contribution in [0.3, 0.4) is 0 Å². The first-order valence-corrected chi connectivity index (χ1v) is 7.34. The zero-order valence-corrected chi connectivity index (χ0v) is 12.6. The Morgan fingerprint density at radius 2 is 1.90 bits per heavy atom. The number of aromatic nitrogens is 1. The zero-order chi connectivity index (χ0) is 15.2. The molecule has 0 aliphatic heterocycles. The highest BCUT2D eigenvalue weighted by molar-refractivity contribution is 6.17. The number of hydrogen-bond donors (Lipinski definition) is 1. The minimum Gasteiger partial charge on any atom is -0.321 e. The first-order valence-electron chi connectivity index (χ1n) is 6.80. The summed E-state index contributed by atoms with van der Waals surface area (Å²) in [5.74, 6) is 0.210. The Balaban J connectivity index is 2.14. The number of halogens is 1. The fourth-order valence-electron chi connectivity index (χ4n) is 1.97. The molecule has 1 aromatic carbocycles. The van der Waals surface area contributed by atoms with Gasteiger partial charge in [-0.1, -0.05) is 19.1 Å². The van der Waals surface area contributed by atoms with Gasteiger partial charge in [-0.3, -0.25) is 9.59 Å². The van der Waals surface area contributed by atoms with E-state index in [1.807, 2.05) is 19.1 Å². The third-order valence-corrected chi connectivity index (χ3v) is 3.38. The van der Waals surface area contributed by atoms with Gasteiger partial charge in [0.1, 0.15) is 0 Å². The Bertz CT molecular complexity index is 677. The summed E-state index contributed by atoms with van der Waals surface area (Å²) in [5.41, 5.74) is 2.05. The second-order valence-electron chi connectivity index (χ2n) is 4.73. The first kappa shape index (κ1) is 15.3. The molecule has 0 spiro atoms. The summed E-state index contributed by atoms with van der Waals surface area (Å²) in [5, 5.41) is 2.79. The van der Waals surface area contributed by atoms with Gasteiger partial charge in [0.2, 0.25) is 0 Å². The van der Waals surface area contributed by atoms with Gasteiger partial charge in [0, 0.05) is 30.3 Å². The van der Waals surface area contributed by atoms with Gasteiger partial charge in [-0.15, -0.1) is 11.6 Å². The van der Waals surface area contributed by atoms with Crippen molar-refractivity contribution in [3.8, 4) is 0 Å². The molecule has 21 heavy (non-hydrogen) atoms. The van der Waals surface area contributed by atoms with Gasteiger partial charge in [0.05, 0.1) is 5.69 Å². The molecular weight excluding hydrogens is 288 g/mol. The van der Waals surface area contributed by atoms with E-state index in [1.54, 1.807) is 29.0 Å². The van der Waals surface area contributed by atoms with Crippen LogP contribution in [0.15, 0.2) is 47.4 Å². The van der Waals surface area contributed by atoms with E-state index >= 15 is 0 Å². The van der Waals surface area contributed by atoms with Crippen LogP contribution >= 0.6 is 11.6 Å². The molecule has 0 radical (unpaired) electrons. The number of anilines is 1. The largest absolute Gasteiger partial charge is 0.321 e. The Morgan fingerprint density at radius 1 is 1.19 bits per heavy atom. The molecule has 1 amide bonds. The molecule has 0 aliphatic rings. The number of carbonyl (C=O) groups excluding carboxylic acids is 1. The lowest BCUT2D eigenvalue weighted by atomic mass is 10.1. The van der Waals surface area contributed by atoms with E-state index in [2.05, 4.69) is 5.32 Å². The van der Waals surface area contributed by atoms with Crippen LogP contribution in [-0.2, 0) is 12.4 Å². The van der Waals surface area contributed by atoms with Crippen LogP contribution in [0.25, 0.3) is 0 Å². The number of nitrogens with zero attached hydrogens (tertiary/aromatic N) is 1. The Labute approximate surface area is 128 Å². The number of carbonyl (C=O) groups is 1. The summed E-state index contributed by atoms with van der Waals surface area (Å²) < 4.78 is 1.59. The molecule has 2 rings (SSSR count). The molecule has 5 heteroatoms. The molecule has 0 saturated heterocycles. The average Bonchev–Trinajstić information content (AvgIpc) is 2.51. The highest BCUT2D eigenvalue weighted by Crippen LogP contribution is 2.10. The highest BCUT2D eigenvalue weighted by atomic mass is 35.5. The number of pyridine rings is 1. The van der Waals surface area contributed by atoms with Crippen molar-refractivity contribution in [3.63, 3.8) is 0 Å². The number of nitrogens with one attached hydrogen (secondary N) is 1. The third kappa shape index (κ3) is 3.95. The molecule has 0 aliphatic carbocycles. The predicted molar refractivity (Wildman–Crippen MR) is 84.9 cm³/mol. The fraction of sp³-hybridized carbons (Fsp3) is 0.250. The second kappa shape index (κ2) is 7.09. The second-order valence-corrected chi connectivity index (χ2v) is 5.00. The van der Waals surface area contributed by atoms with Gasteiger partial charge in [-0.05, 0) is 30.2 Å². The lowest BCUT2D eigenvalue weighted by molar-refractivity contribution is 0.102. The van der Waals surface area contributed by atoms with Crippen molar-refractivity contribution >= 4 is 23.2 Å². The number of aryl methyl sites for hydroxylation is 1. The first-order chi connectivity index (χ1) is 10.1. The molecule has 0 fully saturated rings. The van der Waals surface area contributed by atoms with Gasteiger partial charge >= 0.3 is 0 Å². The van der Waals surface area contributed by atoms with Gasteiger partial charge in [0.25, 0.3) is 11.5 Å². The van der Waals surface area contributed by atoms with E-state index in [9.17, 15) is 9.59 Å². The van der Waals surface area contributed by atoms with E-state index in [0.717, 1.165) is 12.0 Å². The van der Waals surface area contributed by atoms with E-state index < -0.39 is 0 Å². The molecule has 2 aromatic rings. The van der Waals surface area contributed by atoms with Gasteiger partial charge < -0.3 is 9.88 Å². The summed E-state index contributed by atoms with van der Waals surface area (Å²) in [4.78, 5) is 23.8. The summed E-state index contributed by atoms with van der Waals surface area (Å²) in [6.07, 6.45) is 2.52. The van der Waals surface area contributed by atoms with Crippen molar-refractivity contribution < 1.29 is 4.79 Å². The number of rotatable bonds is 5. The number of alkyl halides is 1. The minimum atomic E-state index is -0.210. The van der Waals surface area contributed by atoms with E-state index in [-0.39, 0.29) is 11.5 Å². The van der Waals surface area contributed by atoms with Crippen LogP contribution in [-0.4, -0.2) is 10.5 Å². The molecule has 4 nitrogen and oxygen atoms in total. The summed E-state index contributed by atoms with van der Waals surface area (Å²) in [7, 11) is 0. The molecule has 0 atom stereocenters. The van der Waals surface area contributed by atoms with Crippen LogP contribution in [0.5, 0.6) is 0 Å². The monoisotopic (exact) mass is 304 g/mol. The molecule has 1 N–H and O–H groups in total.